The van der Waals surface area contributed by atoms with Gasteiger partial charge in [-0.15, -0.1) is 0 Å². The van der Waals surface area contributed by atoms with Crippen LogP contribution in [0.1, 0.15) is 44.8 Å². The minimum absolute atomic E-state index is 0.175. The molecule has 4 heteroatoms. The first-order valence-electron chi connectivity index (χ1n) is 6.43. The van der Waals surface area contributed by atoms with E-state index in [1.165, 1.54) is 12.8 Å². The van der Waals surface area contributed by atoms with Crippen molar-refractivity contribution in [1.29, 1.82) is 0 Å². The fourth-order valence-corrected chi connectivity index (χ4v) is 2.31. The van der Waals surface area contributed by atoms with Gasteiger partial charge < -0.3 is 10.4 Å². The Morgan fingerprint density at radius 1 is 1.65 bits per heavy atom. The highest BCUT2D eigenvalue weighted by molar-refractivity contribution is 4.98. The van der Waals surface area contributed by atoms with Crippen LogP contribution < -0.4 is 5.32 Å². The molecular formula is C13H23N3O. The average Bonchev–Trinajstić information content (AvgIpc) is 2.97. The van der Waals surface area contributed by atoms with Gasteiger partial charge in [0.05, 0.1) is 18.3 Å². The lowest BCUT2D eigenvalue weighted by Crippen LogP contribution is -2.48. The third-order valence-corrected chi connectivity index (χ3v) is 3.42. The molecule has 0 aromatic carbocycles. The number of aromatic nitrogens is 2. The fraction of sp³-hybridized carbons (Fsp3) is 0.769. The molecule has 0 amide bonds. The van der Waals surface area contributed by atoms with Crippen LogP contribution in [-0.4, -0.2) is 33.1 Å². The molecule has 2 N–H and O–H groups in total. The minimum Gasteiger partial charge on any atom is -0.394 e. The predicted molar refractivity (Wildman–Crippen MR) is 67.9 cm³/mol. The summed E-state index contributed by atoms with van der Waals surface area (Å²) in [6, 6.07) is 2.92. The van der Waals surface area contributed by atoms with Crippen LogP contribution in [0.25, 0.3) is 0 Å². The highest BCUT2D eigenvalue weighted by Crippen LogP contribution is 2.27. The number of aliphatic hydroxyl groups is 1. The summed E-state index contributed by atoms with van der Waals surface area (Å²) in [5.74, 6) is 0. The van der Waals surface area contributed by atoms with E-state index in [1.807, 2.05) is 23.9 Å². The standard InChI is InChI=1S/C13H23N3O/c1-10-6-7-16(15-10)11(2)8-13(3,9-17)14-12-4-5-12/h6-7,11-12,14,17H,4-5,8-9H2,1-3H3. The van der Waals surface area contributed by atoms with Crippen LogP contribution in [0.2, 0.25) is 0 Å². The zero-order valence-corrected chi connectivity index (χ0v) is 11.0. The third-order valence-electron chi connectivity index (χ3n) is 3.42. The smallest absolute Gasteiger partial charge is 0.0611 e. The lowest BCUT2D eigenvalue weighted by atomic mass is 9.94. The molecule has 2 atom stereocenters. The molecule has 17 heavy (non-hydrogen) atoms. The second-order valence-electron chi connectivity index (χ2n) is 5.63. The number of aryl methyl sites for hydroxylation is 1. The first kappa shape index (κ1) is 12.6. The summed E-state index contributed by atoms with van der Waals surface area (Å²) in [5.41, 5.74) is 0.846. The van der Waals surface area contributed by atoms with Crippen LogP contribution >= 0.6 is 0 Å². The molecule has 1 aliphatic rings. The van der Waals surface area contributed by atoms with Gasteiger partial charge in [0.1, 0.15) is 0 Å². The molecule has 1 heterocycles. The first-order chi connectivity index (χ1) is 8.02. The maximum absolute atomic E-state index is 9.57. The van der Waals surface area contributed by atoms with Crippen LogP contribution in [0.15, 0.2) is 12.3 Å². The van der Waals surface area contributed by atoms with E-state index in [4.69, 9.17) is 0 Å². The molecule has 2 unspecified atom stereocenters. The van der Waals surface area contributed by atoms with E-state index in [0.717, 1.165) is 12.1 Å². The summed E-state index contributed by atoms with van der Waals surface area (Å²) in [6.45, 7) is 6.41. The highest BCUT2D eigenvalue weighted by Gasteiger charge is 2.33. The summed E-state index contributed by atoms with van der Waals surface area (Å²) in [5, 5.41) is 17.5. The molecule has 4 nitrogen and oxygen atoms in total. The van der Waals surface area contributed by atoms with Crippen LogP contribution in [-0.2, 0) is 0 Å². The molecule has 2 rings (SSSR count). The topological polar surface area (TPSA) is 50.1 Å². The Morgan fingerprint density at radius 3 is 2.82 bits per heavy atom. The number of nitrogens with zero attached hydrogens (tertiary/aromatic N) is 2. The van der Waals surface area contributed by atoms with E-state index in [9.17, 15) is 5.11 Å². The molecule has 1 aliphatic carbocycles. The second-order valence-corrected chi connectivity index (χ2v) is 5.63. The van der Waals surface area contributed by atoms with Gasteiger partial charge in [0.15, 0.2) is 0 Å². The van der Waals surface area contributed by atoms with Gasteiger partial charge in [-0.25, -0.2) is 0 Å². The summed E-state index contributed by atoms with van der Waals surface area (Å²) in [4.78, 5) is 0. The fourth-order valence-electron chi connectivity index (χ4n) is 2.31. The molecule has 0 radical (unpaired) electrons. The van der Waals surface area contributed by atoms with E-state index < -0.39 is 0 Å². The lowest BCUT2D eigenvalue weighted by Gasteiger charge is -2.32. The Balaban J connectivity index is 1.97. The lowest BCUT2D eigenvalue weighted by molar-refractivity contribution is 0.147. The van der Waals surface area contributed by atoms with Crippen molar-refractivity contribution in [3.63, 3.8) is 0 Å². The van der Waals surface area contributed by atoms with Crippen molar-refractivity contribution >= 4 is 0 Å². The zero-order chi connectivity index (χ0) is 12.5. The van der Waals surface area contributed by atoms with E-state index in [0.29, 0.717) is 12.1 Å². The van der Waals surface area contributed by atoms with Crippen LogP contribution in [0.4, 0.5) is 0 Å². The largest absolute Gasteiger partial charge is 0.394 e. The van der Waals surface area contributed by atoms with Crippen LogP contribution in [0.5, 0.6) is 0 Å². The van der Waals surface area contributed by atoms with Crippen molar-refractivity contribution in [2.75, 3.05) is 6.61 Å². The Labute approximate surface area is 103 Å². The van der Waals surface area contributed by atoms with Crippen molar-refractivity contribution in [3.05, 3.63) is 18.0 Å². The summed E-state index contributed by atoms with van der Waals surface area (Å²) in [6.07, 6.45) is 5.38. The number of hydrogen-bond acceptors (Lipinski definition) is 3. The van der Waals surface area contributed by atoms with Crippen LogP contribution in [0, 0.1) is 6.92 Å². The van der Waals surface area contributed by atoms with E-state index in [1.54, 1.807) is 0 Å². The van der Waals surface area contributed by atoms with Crippen molar-refractivity contribution in [2.24, 2.45) is 0 Å². The van der Waals surface area contributed by atoms with Gasteiger partial charge in [-0.1, -0.05) is 0 Å². The first-order valence-corrected chi connectivity index (χ1v) is 6.43. The van der Waals surface area contributed by atoms with Crippen molar-refractivity contribution in [2.45, 2.75) is 57.7 Å². The molecule has 0 bridgehead atoms. The Hall–Kier alpha value is -0.870. The van der Waals surface area contributed by atoms with Gasteiger partial charge in [0.2, 0.25) is 0 Å². The number of nitrogens with one attached hydrogen (secondary N) is 1. The molecule has 0 spiro atoms. The SMILES string of the molecule is Cc1ccn(C(C)CC(C)(CO)NC2CC2)n1. The Bertz CT molecular complexity index is 372. The van der Waals surface area contributed by atoms with E-state index in [-0.39, 0.29) is 12.1 Å². The van der Waals surface area contributed by atoms with Gasteiger partial charge in [0.25, 0.3) is 0 Å². The van der Waals surface area contributed by atoms with E-state index >= 15 is 0 Å². The van der Waals surface area contributed by atoms with Gasteiger partial charge in [-0.05, 0) is 46.1 Å². The number of aliphatic hydroxyl groups excluding tert-OH is 1. The minimum atomic E-state index is -0.194. The highest BCUT2D eigenvalue weighted by atomic mass is 16.3. The molecule has 0 saturated heterocycles. The molecular weight excluding hydrogens is 214 g/mol. The normalized spacial score (nSPS) is 21.2. The van der Waals surface area contributed by atoms with Crippen molar-refractivity contribution in [3.8, 4) is 0 Å². The van der Waals surface area contributed by atoms with Gasteiger partial charge >= 0.3 is 0 Å². The summed E-state index contributed by atoms with van der Waals surface area (Å²) >= 11 is 0. The molecule has 1 saturated carbocycles. The second kappa shape index (κ2) is 4.78. The Morgan fingerprint density at radius 2 is 2.35 bits per heavy atom. The molecule has 96 valence electrons. The van der Waals surface area contributed by atoms with Gasteiger partial charge in [-0.2, -0.15) is 5.10 Å². The summed E-state index contributed by atoms with van der Waals surface area (Å²) < 4.78 is 1.98. The molecule has 1 aromatic rings. The zero-order valence-electron chi connectivity index (χ0n) is 11.0. The van der Waals surface area contributed by atoms with E-state index in [2.05, 4.69) is 24.3 Å². The predicted octanol–water partition coefficient (Wildman–Crippen LogP) is 1.65. The maximum atomic E-state index is 9.57. The number of hydrogen-bond donors (Lipinski definition) is 2. The van der Waals surface area contributed by atoms with Crippen molar-refractivity contribution in [1.82, 2.24) is 15.1 Å². The number of rotatable bonds is 6. The molecule has 1 fully saturated rings. The maximum Gasteiger partial charge on any atom is 0.0611 e. The summed E-state index contributed by atoms with van der Waals surface area (Å²) in [7, 11) is 0. The average molecular weight is 237 g/mol. The molecule has 0 aliphatic heterocycles. The quantitative estimate of drug-likeness (QED) is 0.791. The molecule has 1 aromatic heterocycles. The van der Waals surface area contributed by atoms with Crippen LogP contribution in [0.3, 0.4) is 0 Å². The Kier molecular flexibility index (Phi) is 3.54. The van der Waals surface area contributed by atoms with Gasteiger partial charge in [-0.3, -0.25) is 4.68 Å². The monoisotopic (exact) mass is 237 g/mol. The van der Waals surface area contributed by atoms with Crippen molar-refractivity contribution < 1.29 is 5.11 Å². The van der Waals surface area contributed by atoms with Gasteiger partial charge in [0, 0.05) is 17.8 Å². The third kappa shape index (κ3) is 3.30.